The summed E-state index contributed by atoms with van der Waals surface area (Å²) in [4.78, 5) is 34.3. The number of carbonyl (C=O) groups excluding carboxylic acids is 1. The Kier molecular flexibility index (Phi) is 7.21. The van der Waals surface area contributed by atoms with Crippen LogP contribution < -0.4 is 15.8 Å². The van der Waals surface area contributed by atoms with E-state index in [1.807, 2.05) is 4.90 Å². The molecule has 3 rings (SSSR count). The van der Waals surface area contributed by atoms with Crippen LogP contribution in [0.5, 0.6) is 0 Å². The zero-order chi connectivity index (χ0) is 20.8. The monoisotopic (exact) mass is 424 g/mol. The normalized spacial score (nSPS) is 14.3. The maximum absolute atomic E-state index is 12.5. The van der Waals surface area contributed by atoms with Crippen molar-refractivity contribution in [3.05, 3.63) is 45.9 Å². The smallest absolute Gasteiger partial charge is 0.288 e. The lowest BCUT2D eigenvalue weighted by atomic mass is 10.1. The quantitative estimate of drug-likeness (QED) is 0.665. The zero-order valence-corrected chi connectivity index (χ0v) is 16.7. The van der Waals surface area contributed by atoms with Gasteiger partial charge in [-0.25, -0.2) is 4.98 Å². The molecule has 0 unspecified atom stereocenters. The summed E-state index contributed by atoms with van der Waals surface area (Å²) in [6.45, 7) is 4.27. The molecular weight excluding hydrogens is 402 g/mol. The fourth-order valence-electron chi connectivity index (χ4n) is 3.00. The summed E-state index contributed by atoms with van der Waals surface area (Å²) in [6, 6.07) is 6.18. The second-order valence-electron chi connectivity index (χ2n) is 6.50. The molecule has 0 aliphatic carbocycles. The van der Waals surface area contributed by atoms with Gasteiger partial charge < -0.3 is 15.0 Å². The molecule has 10 heteroatoms. The van der Waals surface area contributed by atoms with Gasteiger partial charge in [-0.2, -0.15) is 8.78 Å². The Hall–Kier alpha value is -2.46. The number of hydrogen-bond acceptors (Lipinski definition) is 6. The van der Waals surface area contributed by atoms with E-state index in [-0.39, 0.29) is 24.3 Å². The molecule has 7 nitrogen and oxygen atoms in total. The number of aromatic amines is 1. The van der Waals surface area contributed by atoms with Gasteiger partial charge in [0.15, 0.2) is 0 Å². The number of benzene rings is 1. The number of hydrogen-bond donors (Lipinski definition) is 2. The number of H-pyrrole nitrogens is 1. The molecule has 29 heavy (non-hydrogen) atoms. The van der Waals surface area contributed by atoms with Gasteiger partial charge >= 0.3 is 0 Å². The van der Waals surface area contributed by atoms with Gasteiger partial charge in [0.2, 0.25) is 11.9 Å². The van der Waals surface area contributed by atoms with E-state index in [4.69, 9.17) is 4.74 Å². The predicted octanol–water partition coefficient (Wildman–Crippen LogP) is 2.80. The highest BCUT2D eigenvalue weighted by Gasteiger charge is 2.17. The summed E-state index contributed by atoms with van der Waals surface area (Å²) in [5.74, 6) is -2.24. The summed E-state index contributed by atoms with van der Waals surface area (Å²) < 4.78 is 30.0. The molecule has 2 N–H and O–H groups in total. The van der Waals surface area contributed by atoms with Crippen molar-refractivity contribution in [2.75, 3.05) is 36.5 Å². The van der Waals surface area contributed by atoms with Crippen LogP contribution in [0.2, 0.25) is 0 Å². The number of alkyl halides is 2. The number of nitrogens with one attached hydrogen (secondary N) is 2. The Morgan fingerprint density at radius 2 is 2.00 bits per heavy atom. The number of anilines is 2. The van der Waals surface area contributed by atoms with Crippen LogP contribution in [0.1, 0.15) is 17.7 Å². The molecule has 1 aromatic carbocycles. The summed E-state index contributed by atoms with van der Waals surface area (Å²) in [7, 11) is 0. The number of nitrogens with zero attached hydrogens (tertiary/aromatic N) is 2. The molecule has 0 spiro atoms. The summed E-state index contributed by atoms with van der Waals surface area (Å²) in [5.41, 5.74) is 1.33. The second-order valence-corrected chi connectivity index (χ2v) is 7.57. The van der Waals surface area contributed by atoms with Crippen LogP contribution >= 0.6 is 11.8 Å². The van der Waals surface area contributed by atoms with Crippen molar-refractivity contribution in [3.8, 4) is 0 Å². The van der Waals surface area contributed by atoms with E-state index in [0.717, 1.165) is 0 Å². The Balaban J connectivity index is 1.57. The Bertz CT molecular complexity index is 899. The third-order valence-corrected chi connectivity index (χ3v) is 5.21. The predicted molar refractivity (Wildman–Crippen MR) is 108 cm³/mol. The van der Waals surface area contributed by atoms with Crippen LogP contribution in [-0.2, 0) is 16.0 Å². The number of halogens is 2. The Morgan fingerprint density at radius 1 is 1.31 bits per heavy atom. The molecule has 1 aliphatic rings. The largest absolute Gasteiger partial charge is 0.378 e. The maximum atomic E-state index is 12.5. The first kappa shape index (κ1) is 21.3. The first-order chi connectivity index (χ1) is 13.9. The number of rotatable bonds is 7. The van der Waals surface area contributed by atoms with E-state index in [1.165, 1.54) is 12.1 Å². The average molecular weight is 424 g/mol. The zero-order valence-electron chi connectivity index (χ0n) is 15.9. The van der Waals surface area contributed by atoms with Crippen LogP contribution in [-0.4, -0.2) is 47.9 Å². The lowest BCUT2D eigenvalue weighted by Gasteiger charge is -2.27. The molecule has 0 bridgehead atoms. The Morgan fingerprint density at radius 3 is 2.62 bits per heavy atom. The minimum absolute atomic E-state index is 0.107. The summed E-state index contributed by atoms with van der Waals surface area (Å²) in [5, 5.41) is 2.70. The molecule has 1 fully saturated rings. The van der Waals surface area contributed by atoms with Crippen molar-refractivity contribution < 1.29 is 18.3 Å². The number of aromatic nitrogens is 2. The van der Waals surface area contributed by atoms with Crippen molar-refractivity contribution in [1.82, 2.24) is 9.97 Å². The molecule has 0 saturated carbocycles. The lowest BCUT2D eigenvalue weighted by Crippen LogP contribution is -2.38. The number of aryl methyl sites for hydroxylation is 1. The van der Waals surface area contributed by atoms with E-state index in [2.05, 4.69) is 15.3 Å². The van der Waals surface area contributed by atoms with Gasteiger partial charge in [-0.15, -0.1) is 0 Å². The molecule has 0 atom stereocenters. The highest BCUT2D eigenvalue weighted by atomic mass is 32.2. The highest BCUT2D eigenvalue weighted by molar-refractivity contribution is 7.99. The average Bonchev–Trinajstić information content (AvgIpc) is 2.69. The maximum Gasteiger partial charge on any atom is 0.288 e. The standard InChI is InChI=1S/C19H22F2N4O3S/c1-12-15(17(27)24-19(22-12)25-8-10-28-11-9-25)6-7-16(26)23-13-2-4-14(5-3-13)29-18(20)21/h2-5,18H,6-11H2,1H3,(H,23,26)(H,22,24,27). The fraction of sp³-hybridized carbons (Fsp3) is 0.421. The Labute approximate surface area is 170 Å². The van der Waals surface area contributed by atoms with Crippen molar-refractivity contribution in [3.63, 3.8) is 0 Å². The van der Waals surface area contributed by atoms with Gasteiger partial charge in [-0.1, -0.05) is 11.8 Å². The number of thioether (sulfide) groups is 1. The van der Waals surface area contributed by atoms with Crippen LogP contribution in [0.3, 0.4) is 0 Å². The molecule has 1 saturated heterocycles. The molecule has 0 radical (unpaired) electrons. The van der Waals surface area contributed by atoms with Crippen LogP contribution in [0, 0.1) is 6.92 Å². The van der Waals surface area contributed by atoms with E-state index in [1.54, 1.807) is 19.1 Å². The lowest BCUT2D eigenvalue weighted by molar-refractivity contribution is -0.116. The number of carbonyl (C=O) groups is 1. The van der Waals surface area contributed by atoms with Gasteiger partial charge in [-0.3, -0.25) is 14.6 Å². The molecule has 1 aliphatic heterocycles. The van der Waals surface area contributed by atoms with Gasteiger partial charge in [-0.05, 0) is 37.6 Å². The molecule has 2 aromatic rings. The van der Waals surface area contributed by atoms with E-state index in [0.29, 0.717) is 65.9 Å². The molecule has 2 heterocycles. The third kappa shape index (κ3) is 6.01. The fourth-order valence-corrected chi connectivity index (χ4v) is 3.50. The van der Waals surface area contributed by atoms with Gasteiger partial charge in [0.25, 0.3) is 11.3 Å². The third-order valence-electron chi connectivity index (χ3n) is 4.49. The van der Waals surface area contributed by atoms with Gasteiger partial charge in [0.1, 0.15) is 0 Å². The van der Waals surface area contributed by atoms with Crippen molar-refractivity contribution in [1.29, 1.82) is 0 Å². The topological polar surface area (TPSA) is 87.3 Å². The van der Waals surface area contributed by atoms with E-state index >= 15 is 0 Å². The first-order valence-corrected chi connectivity index (χ1v) is 10.1. The number of ether oxygens (including phenoxy) is 1. The molecule has 1 aromatic heterocycles. The minimum Gasteiger partial charge on any atom is -0.378 e. The van der Waals surface area contributed by atoms with Crippen molar-refractivity contribution in [2.45, 2.75) is 30.4 Å². The van der Waals surface area contributed by atoms with E-state index < -0.39 is 5.76 Å². The number of amides is 1. The first-order valence-electron chi connectivity index (χ1n) is 9.19. The second kappa shape index (κ2) is 9.84. The molecular formula is C19H22F2N4O3S. The molecule has 1 amide bonds. The summed E-state index contributed by atoms with van der Waals surface area (Å²) in [6.07, 6.45) is 0.360. The van der Waals surface area contributed by atoms with Crippen LogP contribution in [0.4, 0.5) is 20.4 Å². The van der Waals surface area contributed by atoms with Crippen LogP contribution in [0.25, 0.3) is 0 Å². The van der Waals surface area contributed by atoms with Gasteiger partial charge in [0, 0.05) is 41.4 Å². The summed E-state index contributed by atoms with van der Waals surface area (Å²) >= 11 is 0.446. The SMILES string of the molecule is Cc1nc(N2CCOCC2)[nH]c(=O)c1CCC(=O)Nc1ccc(SC(F)F)cc1. The highest BCUT2D eigenvalue weighted by Crippen LogP contribution is 2.26. The van der Waals surface area contributed by atoms with E-state index in [9.17, 15) is 18.4 Å². The minimum atomic E-state index is -2.49. The van der Waals surface area contributed by atoms with Crippen LogP contribution in [0.15, 0.2) is 34.0 Å². The van der Waals surface area contributed by atoms with Crippen molar-refractivity contribution in [2.24, 2.45) is 0 Å². The van der Waals surface area contributed by atoms with Crippen molar-refractivity contribution >= 4 is 29.3 Å². The molecule has 156 valence electrons. The number of morpholine rings is 1. The van der Waals surface area contributed by atoms with Gasteiger partial charge in [0.05, 0.1) is 13.2 Å².